The summed E-state index contributed by atoms with van der Waals surface area (Å²) in [6.45, 7) is 0.122. The van der Waals surface area contributed by atoms with Crippen molar-refractivity contribution in [3.05, 3.63) is 23.8 Å². The number of sulfone groups is 1. The Morgan fingerprint density at radius 2 is 2.12 bits per heavy atom. The molecule has 0 aliphatic heterocycles. The molecule has 0 atom stereocenters. The summed E-state index contributed by atoms with van der Waals surface area (Å²) in [7, 11) is -1.83. The van der Waals surface area contributed by atoms with Crippen molar-refractivity contribution in [3.63, 3.8) is 0 Å². The molecule has 1 aromatic rings. The van der Waals surface area contributed by atoms with Crippen LogP contribution in [-0.4, -0.2) is 27.9 Å². The van der Waals surface area contributed by atoms with E-state index in [-0.39, 0.29) is 11.4 Å². The second-order valence-corrected chi connectivity index (χ2v) is 5.17. The number of benzene rings is 1. The van der Waals surface area contributed by atoms with Gasteiger partial charge in [-0.15, -0.1) is 0 Å². The standard InChI is InChI=1S/C10H11NO4S/c1-15-10-5-9(16(2,13)14)4-3-8(10)6-11-7-12/h3-5H,6H2,1-2H3. The summed E-state index contributed by atoms with van der Waals surface area (Å²) in [5, 5.41) is 0. The predicted molar refractivity (Wildman–Crippen MR) is 57.9 cm³/mol. The van der Waals surface area contributed by atoms with E-state index in [1.54, 1.807) is 6.07 Å². The van der Waals surface area contributed by atoms with E-state index in [1.807, 2.05) is 0 Å². The topological polar surface area (TPSA) is 72.8 Å². The van der Waals surface area contributed by atoms with Gasteiger partial charge >= 0.3 is 0 Å². The predicted octanol–water partition coefficient (Wildman–Crippen LogP) is 0.934. The summed E-state index contributed by atoms with van der Waals surface area (Å²) in [5.41, 5.74) is 0.637. The fourth-order valence-corrected chi connectivity index (χ4v) is 1.84. The lowest BCUT2D eigenvalue weighted by Crippen LogP contribution is -1.99. The molecular weight excluding hydrogens is 230 g/mol. The zero-order chi connectivity index (χ0) is 12.2. The lowest BCUT2D eigenvalue weighted by Gasteiger charge is -2.07. The molecule has 1 aromatic carbocycles. The van der Waals surface area contributed by atoms with E-state index >= 15 is 0 Å². The number of hydrogen-bond donors (Lipinski definition) is 0. The number of aliphatic imine (C=N–C) groups is 1. The highest BCUT2D eigenvalue weighted by molar-refractivity contribution is 7.90. The minimum Gasteiger partial charge on any atom is -0.496 e. The van der Waals surface area contributed by atoms with E-state index in [9.17, 15) is 13.2 Å². The van der Waals surface area contributed by atoms with E-state index in [0.29, 0.717) is 11.3 Å². The Kier molecular flexibility index (Phi) is 3.82. The number of carbonyl (C=O) groups excluding carboxylic acids is 1. The van der Waals surface area contributed by atoms with Crippen molar-refractivity contribution in [1.29, 1.82) is 0 Å². The van der Waals surface area contributed by atoms with Gasteiger partial charge in [0.1, 0.15) is 5.75 Å². The fraction of sp³-hybridized carbons (Fsp3) is 0.300. The largest absolute Gasteiger partial charge is 0.496 e. The molecule has 0 amide bonds. The van der Waals surface area contributed by atoms with E-state index in [4.69, 9.17) is 4.74 Å². The Balaban J connectivity index is 3.21. The molecule has 16 heavy (non-hydrogen) atoms. The van der Waals surface area contributed by atoms with Crippen molar-refractivity contribution >= 4 is 15.9 Å². The number of hydrogen-bond acceptors (Lipinski definition) is 5. The van der Waals surface area contributed by atoms with Gasteiger partial charge < -0.3 is 4.74 Å². The zero-order valence-corrected chi connectivity index (χ0v) is 9.74. The highest BCUT2D eigenvalue weighted by atomic mass is 32.2. The van der Waals surface area contributed by atoms with Gasteiger partial charge in [0.25, 0.3) is 0 Å². The molecule has 0 aliphatic carbocycles. The maximum atomic E-state index is 11.3. The van der Waals surface area contributed by atoms with Crippen LogP contribution in [0, 0.1) is 0 Å². The van der Waals surface area contributed by atoms with Crippen LogP contribution in [0.5, 0.6) is 5.75 Å². The lowest BCUT2D eigenvalue weighted by molar-refractivity contribution is 0.408. The van der Waals surface area contributed by atoms with Gasteiger partial charge in [-0.1, -0.05) is 6.07 Å². The molecule has 6 heteroatoms. The highest BCUT2D eigenvalue weighted by Crippen LogP contribution is 2.23. The third kappa shape index (κ3) is 2.92. The number of ether oxygens (including phenoxy) is 1. The van der Waals surface area contributed by atoms with Gasteiger partial charge in [0.2, 0.25) is 6.08 Å². The monoisotopic (exact) mass is 241 g/mol. The molecule has 0 bridgehead atoms. The minimum atomic E-state index is -3.26. The molecule has 0 saturated heterocycles. The zero-order valence-electron chi connectivity index (χ0n) is 8.93. The van der Waals surface area contributed by atoms with Crippen molar-refractivity contribution in [2.75, 3.05) is 13.4 Å². The number of nitrogens with zero attached hydrogens (tertiary/aromatic N) is 1. The summed E-state index contributed by atoms with van der Waals surface area (Å²) in [4.78, 5) is 13.6. The van der Waals surface area contributed by atoms with Gasteiger partial charge in [0.15, 0.2) is 9.84 Å². The van der Waals surface area contributed by atoms with Gasteiger partial charge in [-0.3, -0.25) is 0 Å². The molecule has 0 saturated carbocycles. The SMILES string of the molecule is COc1cc(S(C)(=O)=O)ccc1CN=C=O. The second kappa shape index (κ2) is 4.92. The van der Waals surface area contributed by atoms with Gasteiger partial charge in [-0.05, 0) is 12.1 Å². The summed E-state index contributed by atoms with van der Waals surface area (Å²) in [6, 6.07) is 4.43. The number of isocyanates is 1. The molecule has 5 nitrogen and oxygen atoms in total. The van der Waals surface area contributed by atoms with Crippen LogP contribution < -0.4 is 4.74 Å². The Morgan fingerprint density at radius 3 is 2.62 bits per heavy atom. The average Bonchev–Trinajstić information content (AvgIpc) is 2.24. The van der Waals surface area contributed by atoms with Crippen molar-refractivity contribution < 1.29 is 17.9 Å². The molecule has 0 aliphatic rings. The van der Waals surface area contributed by atoms with Crippen molar-refractivity contribution in [3.8, 4) is 5.75 Å². The van der Waals surface area contributed by atoms with Gasteiger partial charge in [0, 0.05) is 11.8 Å². The van der Waals surface area contributed by atoms with Crippen LogP contribution in [-0.2, 0) is 21.2 Å². The molecule has 0 N–H and O–H groups in total. The Labute approximate surface area is 93.7 Å². The quantitative estimate of drug-likeness (QED) is 0.580. The molecule has 86 valence electrons. The summed E-state index contributed by atoms with van der Waals surface area (Å²) >= 11 is 0. The molecular formula is C10H11NO4S. The van der Waals surface area contributed by atoms with Crippen LogP contribution in [0.1, 0.15) is 5.56 Å². The van der Waals surface area contributed by atoms with Crippen molar-refractivity contribution in [1.82, 2.24) is 0 Å². The molecule has 0 spiro atoms. The van der Waals surface area contributed by atoms with Crippen LogP contribution in [0.25, 0.3) is 0 Å². The molecule has 0 fully saturated rings. The highest BCUT2D eigenvalue weighted by Gasteiger charge is 2.11. The second-order valence-electron chi connectivity index (χ2n) is 3.15. The van der Waals surface area contributed by atoms with Crippen molar-refractivity contribution in [2.24, 2.45) is 4.99 Å². The van der Waals surface area contributed by atoms with Crippen LogP contribution in [0.3, 0.4) is 0 Å². The van der Waals surface area contributed by atoms with Crippen molar-refractivity contribution in [2.45, 2.75) is 11.4 Å². The minimum absolute atomic E-state index is 0.122. The van der Waals surface area contributed by atoms with Crippen LogP contribution >= 0.6 is 0 Å². The first-order chi connectivity index (χ1) is 7.49. The van der Waals surface area contributed by atoms with Gasteiger partial charge in [0.05, 0.1) is 18.6 Å². The van der Waals surface area contributed by atoms with Crippen LogP contribution in [0.15, 0.2) is 28.1 Å². The molecule has 0 heterocycles. The molecule has 1 rings (SSSR count). The van der Waals surface area contributed by atoms with E-state index in [1.165, 1.54) is 25.3 Å². The third-order valence-electron chi connectivity index (χ3n) is 2.00. The fourth-order valence-electron chi connectivity index (χ4n) is 1.20. The Bertz CT molecular complexity index is 530. The van der Waals surface area contributed by atoms with E-state index < -0.39 is 9.84 Å². The summed E-state index contributed by atoms with van der Waals surface area (Å²) in [5.74, 6) is 0.391. The van der Waals surface area contributed by atoms with Gasteiger partial charge in [-0.25, -0.2) is 18.2 Å². The summed E-state index contributed by atoms with van der Waals surface area (Å²) in [6.07, 6.45) is 2.53. The number of methoxy groups -OCH3 is 1. The third-order valence-corrected chi connectivity index (χ3v) is 3.11. The van der Waals surface area contributed by atoms with E-state index in [0.717, 1.165) is 6.26 Å². The van der Waals surface area contributed by atoms with Crippen LogP contribution in [0.4, 0.5) is 0 Å². The Hall–Kier alpha value is -1.65. The maximum absolute atomic E-state index is 11.3. The summed E-state index contributed by atoms with van der Waals surface area (Å²) < 4.78 is 27.6. The average molecular weight is 241 g/mol. The molecule has 0 radical (unpaired) electrons. The first kappa shape index (κ1) is 12.4. The smallest absolute Gasteiger partial charge is 0.235 e. The molecule has 0 unspecified atom stereocenters. The lowest BCUT2D eigenvalue weighted by atomic mass is 10.2. The first-order valence-electron chi connectivity index (χ1n) is 4.39. The normalized spacial score (nSPS) is 10.6. The molecule has 0 aromatic heterocycles. The number of rotatable bonds is 4. The van der Waals surface area contributed by atoms with Gasteiger partial charge in [-0.2, -0.15) is 0 Å². The van der Waals surface area contributed by atoms with E-state index in [2.05, 4.69) is 4.99 Å². The maximum Gasteiger partial charge on any atom is 0.235 e. The first-order valence-corrected chi connectivity index (χ1v) is 6.29. The van der Waals surface area contributed by atoms with Crippen LogP contribution in [0.2, 0.25) is 0 Å². The Morgan fingerprint density at radius 1 is 1.44 bits per heavy atom.